The SMILES string of the molecule is CC(C)(O)C(Cl)(Cl)Cl.c1c[nH]cn1. The predicted octanol–water partition coefficient (Wildman–Crippen LogP) is 2.54. The molecule has 0 aliphatic carbocycles. The number of imidazole rings is 1. The van der Waals surface area contributed by atoms with Gasteiger partial charge in [-0.15, -0.1) is 0 Å². The summed E-state index contributed by atoms with van der Waals surface area (Å²) < 4.78 is -1.59. The summed E-state index contributed by atoms with van der Waals surface area (Å²) in [6, 6.07) is 0. The number of H-pyrrole nitrogens is 1. The number of nitrogens with zero attached hydrogens (tertiary/aromatic N) is 1. The van der Waals surface area contributed by atoms with E-state index in [0.717, 1.165) is 0 Å². The fourth-order valence-electron chi connectivity index (χ4n) is 0.215. The first-order valence-electron chi connectivity index (χ1n) is 3.47. The summed E-state index contributed by atoms with van der Waals surface area (Å²) in [6.07, 6.45) is 5.08. The smallest absolute Gasteiger partial charge is 0.218 e. The lowest BCUT2D eigenvalue weighted by Gasteiger charge is -2.25. The molecular weight excluding hydrogens is 234 g/mol. The quantitative estimate of drug-likeness (QED) is 0.690. The van der Waals surface area contributed by atoms with Crippen LogP contribution in [0.1, 0.15) is 13.8 Å². The Hall–Kier alpha value is 0.0400. The van der Waals surface area contributed by atoms with Crippen LogP contribution in [0.4, 0.5) is 0 Å². The molecule has 1 rings (SSSR count). The highest BCUT2D eigenvalue weighted by molar-refractivity contribution is 6.68. The molecule has 0 saturated carbocycles. The molecule has 0 aliphatic heterocycles. The van der Waals surface area contributed by atoms with Crippen LogP contribution in [-0.2, 0) is 0 Å². The molecule has 0 fully saturated rings. The van der Waals surface area contributed by atoms with Crippen molar-refractivity contribution >= 4 is 34.8 Å². The molecular formula is C7H11Cl3N2O. The maximum atomic E-state index is 8.96. The standard InChI is InChI=1S/C4H7Cl3O.C3H4N2/c1-3(2,8)4(5,6)7;1-2-5-3-4-1/h8H,1-2H3;1-3H,(H,4,5). The molecule has 0 unspecified atom stereocenters. The van der Waals surface area contributed by atoms with Gasteiger partial charge in [0, 0.05) is 12.4 Å². The molecule has 6 heteroatoms. The Balaban J connectivity index is 0.000000243. The lowest BCUT2D eigenvalue weighted by molar-refractivity contribution is 0.0847. The Labute approximate surface area is 92.0 Å². The normalized spacial score (nSPS) is 11.8. The van der Waals surface area contributed by atoms with Crippen LogP contribution >= 0.6 is 34.8 Å². The second-order valence-corrected chi connectivity index (χ2v) is 5.10. The molecule has 1 aromatic heterocycles. The molecule has 3 nitrogen and oxygen atoms in total. The van der Waals surface area contributed by atoms with Crippen LogP contribution in [0.3, 0.4) is 0 Å². The highest BCUT2D eigenvalue weighted by Gasteiger charge is 2.38. The first-order valence-corrected chi connectivity index (χ1v) is 4.60. The summed E-state index contributed by atoms with van der Waals surface area (Å²) in [7, 11) is 0. The molecule has 13 heavy (non-hydrogen) atoms. The van der Waals surface area contributed by atoms with Crippen molar-refractivity contribution in [3.05, 3.63) is 18.7 Å². The van der Waals surface area contributed by atoms with Crippen LogP contribution in [0, 0.1) is 0 Å². The Bertz CT molecular complexity index is 183. The number of aliphatic hydroxyl groups is 1. The predicted molar refractivity (Wildman–Crippen MR) is 55.2 cm³/mol. The molecule has 0 atom stereocenters. The van der Waals surface area contributed by atoms with Crippen molar-refractivity contribution in [2.45, 2.75) is 23.2 Å². The molecule has 76 valence electrons. The number of aromatic amines is 1. The van der Waals surface area contributed by atoms with E-state index in [0.29, 0.717) is 0 Å². The molecule has 0 aromatic carbocycles. The molecule has 0 spiro atoms. The van der Waals surface area contributed by atoms with Crippen LogP contribution < -0.4 is 0 Å². The van der Waals surface area contributed by atoms with E-state index < -0.39 is 9.39 Å². The molecule has 0 amide bonds. The number of hydrogen-bond acceptors (Lipinski definition) is 2. The van der Waals surface area contributed by atoms with Gasteiger partial charge in [0.2, 0.25) is 3.79 Å². The second-order valence-electron chi connectivity index (χ2n) is 2.82. The molecule has 0 bridgehead atoms. The fraction of sp³-hybridized carbons (Fsp3) is 0.571. The van der Waals surface area contributed by atoms with Gasteiger partial charge in [0.15, 0.2) is 0 Å². The first-order chi connectivity index (χ1) is 5.75. The summed E-state index contributed by atoms with van der Waals surface area (Å²) in [6.45, 7) is 2.86. The third-order valence-corrected chi connectivity index (χ3v) is 2.49. The van der Waals surface area contributed by atoms with Crippen molar-refractivity contribution in [2.24, 2.45) is 0 Å². The van der Waals surface area contributed by atoms with Gasteiger partial charge < -0.3 is 10.1 Å². The van der Waals surface area contributed by atoms with Crippen LogP contribution in [0.5, 0.6) is 0 Å². The van der Waals surface area contributed by atoms with Gasteiger partial charge in [-0.1, -0.05) is 34.8 Å². The number of alkyl halides is 3. The largest absolute Gasteiger partial charge is 0.386 e. The van der Waals surface area contributed by atoms with E-state index in [1.807, 2.05) is 0 Å². The minimum absolute atomic E-state index is 1.27. The van der Waals surface area contributed by atoms with E-state index in [1.54, 1.807) is 18.7 Å². The van der Waals surface area contributed by atoms with E-state index in [-0.39, 0.29) is 0 Å². The van der Waals surface area contributed by atoms with E-state index >= 15 is 0 Å². The van der Waals surface area contributed by atoms with E-state index in [9.17, 15) is 0 Å². The Morgan fingerprint density at radius 3 is 1.85 bits per heavy atom. The lowest BCUT2D eigenvalue weighted by atomic mass is 10.2. The van der Waals surface area contributed by atoms with Crippen molar-refractivity contribution in [3.8, 4) is 0 Å². The summed E-state index contributed by atoms with van der Waals surface area (Å²) >= 11 is 15.9. The van der Waals surface area contributed by atoms with Crippen molar-refractivity contribution in [1.82, 2.24) is 9.97 Å². The van der Waals surface area contributed by atoms with Gasteiger partial charge in [0.05, 0.1) is 6.33 Å². The van der Waals surface area contributed by atoms with Gasteiger partial charge in [-0.3, -0.25) is 0 Å². The third kappa shape index (κ3) is 6.16. The molecule has 1 heterocycles. The molecule has 2 N–H and O–H groups in total. The Morgan fingerprint density at radius 1 is 1.31 bits per heavy atom. The minimum atomic E-state index is -1.59. The lowest BCUT2D eigenvalue weighted by Crippen LogP contribution is -2.35. The average molecular weight is 246 g/mol. The number of halogens is 3. The molecule has 0 radical (unpaired) electrons. The first kappa shape index (κ1) is 13.0. The van der Waals surface area contributed by atoms with E-state index in [1.165, 1.54) is 13.8 Å². The van der Waals surface area contributed by atoms with Crippen molar-refractivity contribution in [1.29, 1.82) is 0 Å². The van der Waals surface area contributed by atoms with Crippen LogP contribution in [0.2, 0.25) is 0 Å². The topological polar surface area (TPSA) is 48.9 Å². The maximum absolute atomic E-state index is 8.96. The average Bonchev–Trinajstić information content (AvgIpc) is 2.35. The van der Waals surface area contributed by atoms with Gasteiger partial charge in [0.1, 0.15) is 5.60 Å². The van der Waals surface area contributed by atoms with Crippen molar-refractivity contribution in [2.75, 3.05) is 0 Å². The van der Waals surface area contributed by atoms with E-state index in [2.05, 4.69) is 9.97 Å². The highest BCUT2D eigenvalue weighted by atomic mass is 35.6. The fourth-order valence-corrected chi connectivity index (χ4v) is 0.215. The van der Waals surface area contributed by atoms with Crippen molar-refractivity contribution < 1.29 is 5.11 Å². The third-order valence-electron chi connectivity index (χ3n) is 1.10. The maximum Gasteiger partial charge on any atom is 0.218 e. The van der Waals surface area contributed by atoms with Gasteiger partial charge >= 0.3 is 0 Å². The van der Waals surface area contributed by atoms with Gasteiger partial charge in [-0.2, -0.15) is 0 Å². The van der Waals surface area contributed by atoms with Gasteiger partial charge in [0.25, 0.3) is 0 Å². The molecule has 1 aromatic rings. The van der Waals surface area contributed by atoms with Crippen LogP contribution in [0.25, 0.3) is 0 Å². The summed E-state index contributed by atoms with van der Waals surface area (Å²) in [4.78, 5) is 6.42. The Kier molecular flexibility index (Phi) is 5.07. The number of rotatable bonds is 0. The monoisotopic (exact) mass is 244 g/mol. The zero-order valence-electron chi connectivity index (χ0n) is 7.26. The highest BCUT2D eigenvalue weighted by Crippen LogP contribution is 2.37. The number of hydrogen-bond donors (Lipinski definition) is 2. The second kappa shape index (κ2) is 5.05. The minimum Gasteiger partial charge on any atom is -0.386 e. The zero-order chi connectivity index (χ0) is 10.5. The van der Waals surface area contributed by atoms with Crippen molar-refractivity contribution in [3.63, 3.8) is 0 Å². The summed E-state index contributed by atoms with van der Waals surface area (Å²) in [5.41, 5.74) is -1.27. The summed E-state index contributed by atoms with van der Waals surface area (Å²) in [5.74, 6) is 0. The van der Waals surface area contributed by atoms with Crippen LogP contribution in [0.15, 0.2) is 18.7 Å². The zero-order valence-corrected chi connectivity index (χ0v) is 9.53. The Morgan fingerprint density at radius 2 is 1.77 bits per heavy atom. The van der Waals surface area contributed by atoms with E-state index in [4.69, 9.17) is 39.9 Å². The number of aromatic nitrogens is 2. The van der Waals surface area contributed by atoms with Gasteiger partial charge in [-0.05, 0) is 13.8 Å². The molecule has 0 aliphatic rings. The summed E-state index contributed by atoms with van der Waals surface area (Å²) in [5, 5.41) is 8.96. The van der Waals surface area contributed by atoms with Gasteiger partial charge in [-0.25, -0.2) is 4.98 Å². The van der Waals surface area contributed by atoms with Crippen LogP contribution in [-0.4, -0.2) is 24.5 Å². The number of nitrogens with one attached hydrogen (secondary N) is 1. The molecule has 0 saturated heterocycles.